The van der Waals surface area contributed by atoms with Crippen LogP contribution in [0.15, 0.2) is 22.2 Å². The number of benzene rings is 1. The van der Waals surface area contributed by atoms with E-state index in [1.807, 2.05) is 11.9 Å². The summed E-state index contributed by atoms with van der Waals surface area (Å²) in [6.07, 6.45) is 3.04. The number of aromatic nitrogens is 1. The van der Waals surface area contributed by atoms with Gasteiger partial charge < -0.3 is 24.3 Å². The van der Waals surface area contributed by atoms with Gasteiger partial charge in [0.05, 0.1) is 39.3 Å². The number of carboxylic acids is 1. The molecule has 0 bridgehead atoms. The fourth-order valence-corrected chi connectivity index (χ4v) is 5.45. The van der Waals surface area contributed by atoms with Crippen LogP contribution in [0.3, 0.4) is 0 Å². The summed E-state index contributed by atoms with van der Waals surface area (Å²) in [6.45, 7) is 2.47. The van der Waals surface area contributed by atoms with Gasteiger partial charge in [0.1, 0.15) is 18.5 Å². The maximum atomic E-state index is 15.4. The van der Waals surface area contributed by atoms with Gasteiger partial charge in [-0.25, -0.2) is 9.18 Å². The first-order chi connectivity index (χ1) is 14.8. The number of pyridine rings is 1. The summed E-state index contributed by atoms with van der Waals surface area (Å²) in [4.78, 5) is 33.4. The second-order valence-electron chi connectivity index (χ2n) is 8.76. The van der Waals surface area contributed by atoms with Gasteiger partial charge in [-0.05, 0) is 26.0 Å². The molecule has 3 heterocycles. The van der Waals surface area contributed by atoms with E-state index in [4.69, 9.17) is 16.4 Å². The SMILES string of the molecule is CON=C1CN(c2c(F)cc3c(=O)c(C(=O)O)cn(C4CC4)c3c2Cl)CC12CN(C)C2. The minimum Gasteiger partial charge on any atom is -0.477 e. The fraction of sp³-hybridized carbons (Fsp3) is 0.476. The average Bonchev–Trinajstić information content (AvgIpc) is 3.46. The highest BCUT2D eigenvalue weighted by Crippen LogP contribution is 2.45. The first-order valence-electron chi connectivity index (χ1n) is 10.1. The summed E-state index contributed by atoms with van der Waals surface area (Å²) >= 11 is 6.75. The van der Waals surface area contributed by atoms with Crippen LogP contribution in [-0.2, 0) is 4.84 Å². The summed E-state index contributed by atoms with van der Waals surface area (Å²) in [5, 5.41) is 13.7. The van der Waals surface area contributed by atoms with Gasteiger partial charge in [0.15, 0.2) is 0 Å². The van der Waals surface area contributed by atoms with Gasteiger partial charge in [-0.15, -0.1) is 0 Å². The average molecular weight is 449 g/mol. The number of anilines is 1. The number of fused-ring (bicyclic) bond motifs is 1. The van der Waals surface area contributed by atoms with E-state index >= 15 is 4.39 Å². The summed E-state index contributed by atoms with van der Waals surface area (Å²) in [7, 11) is 3.50. The van der Waals surface area contributed by atoms with E-state index in [9.17, 15) is 14.7 Å². The lowest BCUT2D eigenvalue weighted by atomic mass is 9.78. The van der Waals surface area contributed by atoms with Crippen LogP contribution >= 0.6 is 11.6 Å². The van der Waals surface area contributed by atoms with Crippen molar-refractivity contribution in [3.05, 3.63) is 38.9 Å². The second kappa shape index (κ2) is 6.93. The molecule has 3 aliphatic rings. The molecule has 8 nitrogen and oxygen atoms in total. The first kappa shape index (κ1) is 20.3. The third kappa shape index (κ3) is 3.02. The second-order valence-corrected chi connectivity index (χ2v) is 9.14. The predicted molar refractivity (Wildman–Crippen MR) is 115 cm³/mol. The summed E-state index contributed by atoms with van der Waals surface area (Å²) < 4.78 is 17.1. The number of likely N-dealkylation sites (tertiary alicyclic amines) is 1. The van der Waals surface area contributed by atoms with Gasteiger partial charge in [0, 0.05) is 31.9 Å². The molecule has 2 aromatic rings. The van der Waals surface area contributed by atoms with Crippen molar-refractivity contribution in [2.45, 2.75) is 18.9 Å². The molecule has 0 radical (unpaired) electrons. The molecule has 1 N–H and O–H groups in total. The Hall–Kier alpha value is -2.65. The standard InChI is InChI=1S/C21H22ClFN4O4/c1-25-8-21(9-25)10-26(7-15(21)24-31-2)18-14(23)5-12-17(16(18)22)27(11-3-4-11)6-13(19(12)28)20(29)30/h5-6,11H,3-4,7-10H2,1-2H3,(H,29,30). The number of hydrogen-bond acceptors (Lipinski definition) is 6. The number of rotatable bonds is 4. The van der Waals surface area contributed by atoms with Crippen LogP contribution in [0.2, 0.25) is 5.02 Å². The van der Waals surface area contributed by atoms with E-state index in [0.29, 0.717) is 18.6 Å². The number of carbonyl (C=O) groups is 1. The third-order valence-electron chi connectivity index (χ3n) is 6.46. The molecule has 31 heavy (non-hydrogen) atoms. The Morgan fingerprint density at radius 2 is 2.06 bits per heavy atom. The van der Waals surface area contributed by atoms with Gasteiger partial charge in [-0.3, -0.25) is 4.79 Å². The molecule has 2 saturated heterocycles. The smallest absolute Gasteiger partial charge is 0.341 e. The maximum absolute atomic E-state index is 15.4. The maximum Gasteiger partial charge on any atom is 0.341 e. The van der Waals surface area contributed by atoms with E-state index < -0.39 is 17.2 Å². The molecule has 164 valence electrons. The fourth-order valence-electron chi connectivity index (χ4n) is 5.04. The van der Waals surface area contributed by atoms with Crippen molar-refractivity contribution >= 4 is 39.9 Å². The molecular weight excluding hydrogens is 427 g/mol. The zero-order chi connectivity index (χ0) is 22.1. The van der Waals surface area contributed by atoms with Crippen molar-refractivity contribution in [1.82, 2.24) is 9.47 Å². The Bertz CT molecular complexity index is 1200. The van der Waals surface area contributed by atoms with E-state index in [1.54, 1.807) is 4.57 Å². The van der Waals surface area contributed by atoms with Crippen molar-refractivity contribution in [2.24, 2.45) is 10.6 Å². The van der Waals surface area contributed by atoms with Crippen LogP contribution in [0, 0.1) is 11.2 Å². The minimum atomic E-state index is -1.34. The molecule has 1 spiro atoms. The molecule has 10 heteroatoms. The lowest BCUT2D eigenvalue weighted by Gasteiger charge is -2.45. The molecule has 2 aliphatic heterocycles. The van der Waals surface area contributed by atoms with E-state index in [2.05, 4.69) is 10.1 Å². The Morgan fingerprint density at radius 1 is 1.35 bits per heavy atom. The number of carboxylic acid groups (broad SMARTS) is 1. The molecule has 0 unspecified atom stereocenters. The Kier molecular flexibility index (Phi) is 4.53. The number of aromatic carboxylic acids is 1. The highest BCUT2D eigenvalue weighted by molar-refractivity contribution is 6.38. The molecule has 0 amide bonds. The van der Waals surface area contributed by atoms with Crippen molar-refractivity contribution in [3.63, 3.8) is 0 Å². The van der Waals surface area contributed by atoms with E-state index in [-0.39, 0.29) is 33.1 Å². The molecule has 1 saturated carbocycles. The van der Waals surface area contributed by atoms with Gasteiger partial charge in [0.25, 0.3) is 0 Å². The lowest BCUT2D eigenvalue weighted by Crippen LogP contribution is -2.59. The van der Waals surface area contributed by atoms with Gasteiger partial charge in [-0.1, -0.05) is 16.8 Å². The van der Waals surface area contributed by atoms with Crippen molar-refractivity contribution in [2.75, 3.05) is 45.2 Å². The minimum absolute atomic E-state index is 0.0129. The molecular formula is C21H22ClFN4O4. The Balaban J connectivity index is 1.68. The molecule has 1 aromatic carbocycles. The molecule has 1 aliphatic carbocycles. The van der Waals surface area contributed by atoms with Gasteiger partial charge >= 0.3 is 5.97 Å². The quantitative estimate of drug-likeness (QED) is 0.723. The van der Waals surface area contributed by atoms with E-state index in [1.165, 1.54) is 13.3 Å². The van der Waals surface area contributed by atoms with Crippen molar-refractivity contribution in [3.8, 4) is 0 Å². The van der Waals surface area contributed by atoms with Gasteiger partial charge in [0.2, 0.25) is 5.43 Å². The van der Waals surface area contributed by atoms with Crippen LogP contribution in [0.4, 0.5) is 10.1 Å². The number of halogens is 2. The topological polar surface area (TPSA) is 87.4 Å². The Labute approximate surface area is 182 Å². The van der Waals surface area contributed by atoms with Crippen LogP contribution < -0.4 is 10.3 Å². The van der Waals surface area contributed by atoms with Crippen LogP contribution in [0.25, 0.3) is 10.9 Å². The molecule has 3 fully saturated rings. The number of nitrogens with zero attached hydrogens (tertiary/aromatic N) is 4. The highest BCUT2D eigenvalue weighted by atomic mass is 35.5. The van der Waals surface area contributed by atoms with Crippen molar-refractivity contribution in [1.29, 1.82) is 0 Å². The normalized spacial score (nSPS) is 21.8. The molecule has 0 atom stereocenters. The number of hydrogen-bond donors (Lipinski definition) is 1. The highest BCUT2D eigenvalue weighted by Gasteiger charge is 2.52. The summed E-state index contributed by atoms with van der Waals surface area (Å²) in [5.41, 5.74) is 0.0959. The Morgan fingerprint density at radius 3 is 2.65 bits per heavy atom. The van der Waals surface area contributed by atoms with E-state index in [0.717, 1.165) is 37.7 Å². The summed E-state index contributed by atoms with van der Waals surface area (Å²) in [5.74, 6) is -1.99. The predicted octanol–water partition coefficient (Wildman–Crippen LogP) is 2.58. The van der Waals surface area contributed by atoms with Crippen LogP contribution in [-0.4, -0.2) is 66.6 Å². The number of oxime groups is 1. The van der Waals surface area contributed by atoms with Gasteiger partial charge in [-0.2, -0.15) is 0 Å². The largest absolute Gasteiger partial charge is 0.477 e. The lowest BCUT2D eigenvalue weighted by molar-refractivity contribution is 0.0695. The molecule has 5 rings (SSSR count). The van der Waals surface area contributed by atoms with Crippen LogP contribution in [0.5, 0.6) is 0 Å². The zero-order valence-electron chi connectivity index (χ0n) is 17.2. The monoisotopic (exact) mass is 448 g/mol. The zero-order valence-corrected chi connectivity index (χ0v) is 17.9. The molecule has 1 aromatic heterocycles. The third-order valence-corrected chi connectivity index (χ3v) is 6.82. The summed E-state index contributed by atoms with van der Waals surface area (Å²) in [6, 6.07) is 1.17. The first-order valence-corrected chi connectivity index (χ1v) is 10.5. The van der Waals surface area contributed by atoms with Crippen LogP contribution in [0.1, 0.15) is 29.2 Å². The van der Waals surface area contributed by atoms with Crippen molar-refractivity contribution < 1.29 is 19.1 Å².